The number of allylic oxidation sites excluding steroid dienone is 2. The second-order valence-electron chi connectivity index (χ2n) is 17.2. The highest BCUT2D eigenvalue weighted by Crippen LogP contribution is 2.49. The number of phosphoric acid groups is 2. The van der Waals surface area contributed by atoms with E-state index in [1.807, 2.05) is 0 Å². The Balaban J connectivity index is 2.58. The standard InChI is InChI=1S/C45H86O16P2/c1-3-5-7-9-11-13-15-17-19-21-23-25-27-29-31-33-38(46)57-35-37(59-39(47)34-32-30-28-26-24-22-20-18-16-14-12-10-8-6-4-2)36-58-63(55,56)61-45-42(50)40(48)41(49)44(43(45)51)60-62(52,53)54/h18,20,37,40-45,48-51H,3-17,19,21-36H2,1-2H3,(H,55,56)(H2,52,53,54). The van der Waals surface area contributed by atoms with E-state index < -0.39 is 83.5 Å². The molecule has 0 aliphatic heterocycles. The van der Waals surface area contributed by atoms with Crippen LogP contribution in [0.1, 0.15) is 206 Å². The van der Waals surface area contributed by atoms with Crippen LogP contribution in [0.25, 0.3) is 0 Å². The molecule has 0 heterocycles. The second-order valence-corrected chi connectivity index (χ2v) is 19.8. The zero-order chi connectivity index (χ0) is 46.8. The van der Waals surface area contributed by atoms with Gasteiger partial charge in [0.2, 0.25) is 0 Å². The molecule has 372 valence electrons. The molecule has 1 saturated carbocycles. The average Bonchev–Trinajstić information content (AvgIpc) is 3.23. The first kappa shape index (κ1) is 59.8. The van der Waals surface area contributed by atoms with Crippen LogP contribution in [0.5, 0.6) is 0 Å². The van der Waals surface area contributed by atoms with Crippen LogP contribution in [0.2, 0.25) is 0 Å². The lowest BCUT2D eigenvalue weighted by molar-refractivity contribution is -0.216. The summed E-state index contributed by atoms with van der Waals surface area (Å²) in [6, 6.07) is 0. The summed E-state index contributed by atoms with van der Waals surface area (Å²) in [7, 11) is -10.7. The van der Waals surface area contributed by atoms with Gasteiger partial charge < -0.3 is 44.6 Å². The molecule has 0 aromatic rings. The molecule has 0 radical (unpaired) electrons. The average molecular weight is 945 g/mol. The maximum atomic E-state index is 13.0. The molecule has 0 saturated heterocycles. The number of aliphatic hydroxyl groups is 4. The monoisotopic (exact) mass is 945 g/mol. The van der Waals surface area contributed by atoms with Crippen molar-refractivity contribution in [3.8, 4) is 0 Å². The molecule has 1 aliphatic rings. The minimum absolute atomic E-state index is 0.0383. The summed E-state index contributed by atoms with van der Waals surface area (Å²) < 4.78 is 49.4. The molecule has 63 heavy (non-hydrogen) atoms. The summed E-state index contributed by atoms with van der Waals surface area (Å²) in [5.74, 6) is -1.20. The van der Waals surface area contributed by atoms with Gasteiger partial charge in [0.25, 0.3) is 0 Å². The van der Waals surface area contributed by atoms with E-state index >= 15 is 0 Å². The maximum Gasteiger partial charge on any atom is 0.472 e. The van der Waals surface area contributed by atoms with E-state index in [2.05, 4.69) is 30.5 Å². The fraction of sp³-hybridized carbons (Fsp3) is 0.911. The highest BCUT2D eigenvalue weighted by Gasteiger charge is 2.54. The number of rotatable bonds is 41. The molecule has 0 aromatic carbocycles. The van der Waals surface area contributed by atoms with Gasteiger partial charge in [-0.2, -0.15) is 0 Å². The lowest BCUT2D eigenvalue weighted by atomic mass is 9.85. The van der Waals surface area contributed by atoms with Crippen molar-refractivity contribution in [1.82, 2.24) is 0 Å². The van der Waals surface area contributed by atoms with Gasteiger partial charge >= 0.3 is 27.6 Å². The maximum absolute atomic E-state index is 13.0. The van der Waals surface area contributed by atoms with Crippen molar-refractivity contribution in [1.29, 1.82) is 0 Å². The molecule has 7 N–H and O–H groups in total. The van der Waals surface area contributed by atoms with Crippen molar-refractivity contribution in [2.75, 3.05) is 13.2 Å². The van der Waals surface area contributed by atoms with Gasteiger partial charge in [0.1, 0.15) is 43.2 Å². The quantitative estimate of drug-likeness (QED) is 0.0130. The molecule has 16 nitrogen and oxygen atoms in total. The molecule has 8 atom stereocenters. The zero-order valence-electron chi connectivity index (χ0n) is 38.5. The Hall–Kier alpha value is -1.26. The van der Waals surface area contributed by atoms with E-state index in [0.29, 0.717) is 12.8 Å². The summed E-state index contributed by atoms with van der Waals surface area (Å²) in [6.45, 7) is 3.11. The van der Waals surface area contributed by atoms with Crippen LogP contribution in [0.3, 0.4) is 0 Å². The lowest BCUT2D eigenvalue weighted by Gasteiger charge is -2.43. The van der Waals surface area contributed by atoms with Gasteiger partial charge in [0.15, 0.2) is 6.10 Å². The summed E-state index contributed by atoms with van der Waals surface area (Å²) in [4.78, 5) is 54.3. The number of esters is 2. The molecule has 1 rings (SSSR count). The number of carbonyl (C=O) groups excluding carboxylic acids is 2. The molecular weight excluding hydrogens is 858 g/mol. The van der Waals surface area contributed by atoms with Gasteiger partial charge in [-0.1, -0.05) is 167 Å². The molecular formula is C45H86O16P2. The number of hydrogen-bond acceptors (Lipinski definition) is 13. The molecule has 1 fully saturated rings. The smallest absolute Gasteiger partial charge is 0.462 e. The first-order valence-corrected chi connectivity index (χ1v) is 27.3. The number of ether oxygens (including phenoxy) is 2. The largest absolute Gasteiger partial charge is 0.472 e. The van der Waals surface area contributed by atoms with Crippen molar-refractivity contribution >= 4 is 27.6 Å². The summed E-state index contributed by atoms with van der Waals surface area (Å²) in [5, 5.41) is 41.2. The number of unbranched alkanes of at least 4 members (excludes halogenated alkanes) is 25. The predicted molar refractivity (Wildman–Crippen MR) is 241 cm³/mol. The fourth-order valence-corrected chi connectivity index (χ4v) is 9.09. The topological polar surface area (TPSA) is 256 Å². The molecule has 8 unspecified atom stereocenters. The van der Waals surface area contributed by atoms with Crippen molar-refractivity contribution in [3.63, 3.8) is 0 Å². The fourth-order valence-electron chi connectivity index (χ4n) is 7.55. The van der Waals surface area contributed by atoms with Crippen molar-refractivity contribution in [2.45, 2.75) is 249 Å². The molecule has 0 amide bonds. The SMILES string of the molecule is CCCCCCCCC=CCCCCCCCC(=O)OC(COC(=O)CCCCCCCCCCCCCCCCC)COP(=O)(O)OC1C(O)C(O)C(O)C(OP(=O)(O)O)C1O. The Labute approximate surface area is 378 Å². The van der Waals surface area contributed by atoms with E-state index in [-0.39, 0.29) is 12.8 Å². The first-order chi connectivity index (χ1) is 30.1. The predicted octanol–water partition coefficient (Wildman–Crippen LogP) is 9.18. The third-order valence-corrected chi connectivity index (χ3v) is 12.8. The Morgan fingerprint density at radius 1 is 0.492 bits per heavy atom. The van der Waals surface area contributed by atoms with Crippen molar-refractivity contribution in [3.05, 3.63) is 12.2 Å². The van der Waals surface area contributed by atoms with Gasteiger partial charge in [0.05, 0.1) is 6.61 Å². The van der Waals surface area contributed by atoms with Crippen LogP contribution < -0.4 is 0 Å². The van der Waals surface area contributed by atoms with Crippen molar-refractivity contribution in [2.24, 2.45) is 0 Å². The molecule has 0 aromatic heterocycles. The van der Waals surface area contributed by atoms with E-state index in [1.165, 1.54) is 103 Å². The molecule has 1 aliphatic carbocycles. The third-order valence-electron chi connectivity index (χ3n) is 11.3. The zero-order valence-corrected chi connectivity index (χ0v) is 40.3. The van der Waals surface area contributed by atoms with Crippen LogP contribution in [0.4, 0.5) is 0 Å². The lowest BCUT2D eigenvalue weighted by Crippen LogP contribution is -2.64. The molecule has 0 bridgehead atoms. The van der Waals surface area contributed by atoms with Crippen LogP contribution >= 0.6 is 15.6 Å². The van der Waals surface area contributed by atoms with Crippen LogP contribution in [-0.2, 0) is 41.8 Å². The Morgan fingerprint density at radius 3 is 1.30 bits per heavy atom. The highest BCUT2D eigenvalue weighted by molar-refractivity contribution is 7.47. The number of aliphatic hydroxyl groups excluding tert-OH is 4. The Morgan fingerprint density at radius 2 is 0.873 bits per heavy atom. The second kappa shape index (κ2) is 36.8. The minimum Gasteiger partial charge on any atom is -0.462 e. The minimum atomic E-state index is -5.36. The van der Waals surface area contributed by atoms with Crippen LogP contribution in [0, 0.1) is 0 Å². The first-order valence-electron chi connectivity index (χ1n) is 24.2. The summed E-state index contributed by atoms with van der Waals surface area (Å²) in [5.41, 5.74) is 0. The van der Waals surface area contributed by atoms with E-state index in [4.69, 9.17) is 18.5 Å². The Bertz CT molecular complexity index is 1280. The molecule has 18 heteroatoms. The van der Waals surface area contributed by atoms with Gasteiger partial charge in [-0.25, -0.2) is 9.13 Å². The van der Waals surface area contributed by atoms with Gasteiger partial charge in [-0.3, -0.25) is 23.2 Å². The van der Waals surface area contributed by atoms with E-state index in [1.54, 1.807) is 0 Å². The number of hydrogen-bond donors (Lipinski definition) is 7. The Kier molecular flexibility index (Phi) is 34.9. The normalized spacial score (nSPS) is 22.0. The third kappa shape index (κ3) is 31.4. The number of phosphoric ester groups is 2. The molecule has 0 spiro atoms. The van der Waals surface area contributed by atoms with Crippen molar-refractivity contribution < 1.29 is 76.9 Å². The number of carbonyl (C=O) groups is 2. The van der Waals surface area contributed by atoms with E-state index in [0.717, 1.165) is 64.2 Å². The van der Waals surface area contributed by atoms with Crippen LogP contribution in [0.15, 0.2) is 12.2 Å². The summed E-state index contributed by atoms with van der Waals surface area (Å²) in [6.07, 6.45) is 21.7. The highest BCUT2D eigenvalue weighted by atomic mass is 31.2. The van der Waals surface area contributed by atoms with Gasteiger partial charge in [0, 0.05) is 12.8 Å². The summed E-state index contributed by atoms with van der Waals surface area (Å²) >= 11 is 0. The van der Waals surface area contributed by atoms with Gasteiger partial charge in [-0.05, 0) is 38.5 Å². The van der Waals surface area contributed by atoms with Gasteiger partial charge in [-0.15, -0.1) is 0 Å². The van der Waals surface area contributed by atoms with E-state index in [9.17, 15) is 53.8 Å². The van der Waals surface area contributed by atoms with Crippen LogP contribution in [-0.4, -0.2) is 103 Å².